The van der Waals surface area contributed by atoms with Crippen molar-refractivity contribution in [2.24, 2.45) is 0 Å². The van der Waals surface area contributed by atoms with Crippen LogP contribution in [0, 0.1) is 0 Å². The Labute approximate surface area is 147 Å². The van der Waals surface area contributed by atoms with E-state index < -0.39 is 0 Å². The molecule has 0 saturated heterocycles. The maximum Gasteiger partial charge on any atom is 0.210 e. The number of carbonyl (C=O) groups is 1. The zero-order chi connectivity index (χ0) is 17.0. The Hall–Kier alpha value is -2.10. The van der Waals surface area contributed by atoms with Crippen molar-refractivity contribution in [1.29, 1.82) is 0 Å². The monoisotopic (exact) mass is 336 g/mol. The Kier molecular flexibility index (Phi) is 3.47. The molecule has 5 rings (SSSR count). The van der Waals surface area contributed by atoms with Gasteiger partial charge in [0, 0.05) is 29.7 Å². The molecule has 1 aliphatic heterocycles. The lowest BCUT2D eigenvalue weighted by Crippen LogP contribution is -2.37. The van der Waals surface area contributed by atoms with Gasteiger partial charge in [-0.1, -0.05) is 25.3 Å². The van der Waals surface area contributed by atoms with Crippen LogP contribution in [0.2, 0.25) is 0 Å². The van der Waals surface area contributed by atoms with E-state index in [9.17, 15) is 9.59 Å². The highest BCUT2D eigenvalue weighted by Gasteiger charge is 2.35. The van der Waals surface area contributed by atoms with Gasteiger partial charge < -0.3 is 9.47 Å². The Morgan fingerprint density at radius 2 is 1.88 bits per heavy atom. The number of aromatic nitrogens is 1. The number of hydrogen-bond acceptors (Lipinski definition) is 2. The van der Waals surface area contributed by atoms with Crippen molar-refractivity contribution < 1.29 is 4.79 Å². The van der Waals surface area contributed by atoms with Crippen LogP contribution < -0.4 is 5.43 Å². The van der Waals surface area contributed by atoms with E-state index in [2.05, 4.69) is 22.8 Å². The lowest BCUT2D eigenvalue weighted by atomic mass is 9.83. The van der Waals surface area contributed by atoms with Gasteiger partial charge in [0.2, 0.25) is 6.41 Å². The minimum atomic E-state index is 0.0939. The van der Waals surface area contributed by atoms with E-state index in [0.717, 1.165) is 54.5 Å². The van der Waals surface area contributed by atoms with E-state index in [1.54, 1.807) is 0 Å². The van der Waals surface area contributed by atoms with Crippen molar-refractivity contribution in [2.75, 3.05) is 6.54 Å². The molecule has 2 aromatic rings. The highest BCUT2D eigenvalue weighted by molar-refractivity contribution is 5.82. The zero-order valence-corrected chi connectivity index (χ0v) is 14.5. The van der Waals surface area contributed by atoms with E-state index in [0.29, 0.717) is 5.92 Å². The summed E-state index contributed by atoms with van der Waals surface area (Å²) < 4.78 is 2.31. The van der Waals surface area contributed by atoms with Gasteiger partial charge in [-0.25, -0.2) is 0 Å². The van der Waals surface area contributed by atoms with Gasteiger partial charge in [-0.2, -0.15) is 0 Å². The number of nitrogens with zero attached hydrogens (tertiary/aromatic N) is 2. The van der Waals surface area contributed by atoms with Crippen LogP contribution in [-0.2, 0) is 17.8 Å². The van der Waals surface area contributed by atoms with Gasteiger partial charge in [0.1, 0.15) is 0 Å². The van der Waals surface area contributed by atoms with Gasteiger partial charge >= 0.3 is 0 Å². The summed E-state index contributed by atoms with van der Waals surface area (Å²) in [5, 5.41) is 0.891. The minimum absolute atomic E-state index is 0.0939. The Morgan fingerprint density at radius 1 is 1.04 bits per heavy atom. The molecule has 0 spiro atoms. The second kappa shape index (κ2) is 5.72. The summed E-state index contributed by atoms with van der Waals surface area (Å²) in [5.41, 5.74) is 4.65. The molecule has 25 heavy (non-hydrogen) atoms. The Morgan fingerprint density at radius 3 is 2.68 bits per heavy atom. The van der Waals surface area contributed by atoms with Gasteiger partial charge in [0.05, 0.1) is 11.6 Å². The van der Waals surface area contributed by atoms with E-state index >= 15 is 0 Å². The predicted octanol–water partition coefficient (Wildman–Crippen LogP) is 3.51. The maximum absolute atomic E-state index is 13.2. The van der Waals surface area contributed by atoms with Gasteiger partial charge in [-0.15, -0.1) is 0 Å². The predicted molar refractivity (Wildman–Crippen MR) is 97.9 cm³/mol. The summed E-state index contributed by atoms with van der Waals surface area (Å²) >= 11 is 0. The summed E-state index contributed by atoms with van der Waals surface area (Å²) in [6.45, 7) is 1.53. The SMILES string of the molecule is O=CN1CCn2c3c(c(=O)c4cc(C5CCCCC5)ccc42)CC[C@H]31. The highest BCUT2D eigenvalue weighted by atomic mass is 16.1. The average molecular weight is 336 g/mol. The van der Waals surface area contributed by atoms with E-state index in [4.69, 9.17) is 0 Å². The molecule has 0 unspecified atom stereocenters. The second-order valence-corrected chi connectivity index (χ2v) is 7.85. The molecule has 1 aromatic heterocycles. The van der Waals surface area contributed by atoms with Crippen LogP contribution in [0.25, 0.3) is 10.9 Å². The van der Waals surface area contributed by atoms with Crippen LogP contribution >= 0.6 is 0 Å². The molecule has 4 heteroatoms. The van der Waals surface area contributed by atoms with Crippen LogP contribution in [-0.4, -0.2) is 22.4 Å². The largest absolute Gasteiger partial charge is 0.340 e. The smallest absolute Gasteiger partial charge is 0.210 e. The fourth-order valence-corrected chi connectivity index (χ4v) is 5.33. The first-order valence-electron chi connectivity index (χ1n) is 9.68. The topological polar surface area (TPSA) is 42.3 Å². The fraction of sp³-hybridized carbons (Fsp3) is 0.524. The minimum Gasteiger partial charge on any atom is -0.340 e. The third kappa shape index (κ3) is 2.19. The Bertz CT molecular complexity index is 908. The molecular weight excluding hydrogens is 312 g/mol. The molecule has 1 amide bonds. The van der Waals surface area contributed by atoms with Crippen LogP contribution in [0.1, 0.15) is 67.3 Å². The van der Waals surface area contributed by atoms with E-state index in [1.807, 2.05) is 4.90 Å². The molecule has 3 aliphatic rings. The molecule has 2 heterocycles. The van der Waals surface area contributed by atoms with Crippen LogP contribution in [0.15, 0.2) is 23.0 Å². The second-order valence-electron chi connectivity index (χ2n) is 7.85. The van der Waals surface area contributed by atoms with E-state index in [-0.39, 0.29) is 11.5 Å². The van der Waals surface area contributed by atoms with Gasteiger partial charge in [0.25, 0.3) is 0 Å². The van der Waals surface area contributed by atoms with Crippen LogP contribution in [0.4, 0.5) is 0 Å². The van der Waals surface area contributed by atoms with Crippen LogP contribution in [0.5, 0.6) is 0 Å². The van der Waals surface area contributed by atoms with Gasteiger partial charge in [0.15, 0.2) is 5.43 Å². The summed E-state index contributed by atoms with van der Waals surface area (Å²) in [7, 11) is 0. The number of carbonyl (C=O) groups excluding carboxylic acids is 1. The number of benzene rings is 1. The number of fused-ring (bicyclic) bond motifs is 2. The summed E-state index contributed by atoms with van der Waals surface area (Å²) in [6.07, 6.45) is 9.09. The molecule has 2 aliphatic carbocycles. The van der Waals surface area contributed by atoms with Crippen molar-refractivity contribution in [3.05, 3.63) is 45.2 Å². The molecule has 0 N–H and O–H groups in total. The highest BCUT2D eigenvalue weighted by Crippen LogP contribution is 2.39. The number of hydrogen-bond donors (Lipinski definition) is 0. The summed E-state index contributed by atoms with van der Waals surface area (Å²) in [5.74, 6) is 0.616. The van der Waals surface area contributed by atoms with Crippen molar-refractivity contribution in [2.45, 2.75) is 63.5 Å². The number of amides is 1. The van der Waals surface area contributed by atoms with Gasteiger partial charge in [-0.3, -0.25) is 9.59 Å². The normalized spacial score (nSPS) is 23.0. The number of pyridine rings is 1. The summed E-state index contributed by atoms with van der Waals surface area (Å²) in [6, 6.07) is 6.67. The third-order valence-electron chi connectivity index (χ3n) is 6.61. The molecule has 1 saturated carbocycles. The van der Waals surface area contributed by atoms with Crippen molar-refractivity contribution in [3.63, 3.8) is 0 Å². The van der Waals surface area contributed by atoms with Crippen molar-refractivity contribution >= 4 is 17.3 Å². The molecule has 1 atom stereocenters. The first-order chi connectivity index (χ1) is 12.3. The standard InChI is InChI=1S/C21H24N2O2/c24-13-22-10-11-23-18-8-6-15(14-4-2-1-3-5-14)12-17(18)21(25)16-7-9-19(22)20(16)23/h6,8,12-14,19H,1-5,7,9-11H2/t19-/m1/s1. The van der Waals surface area contributed by atoms with Crippen molar-refractivity contribution in [1.82, 2.24) is 9.47 Å². The number of rotatable bonds is 2. The van der Waals surface area contributed by atoms with Gasteiger partial charge in [-0.05, 0) is 49.3 Å². The molecule has 0 bridgehead atoms. The molecule has 4 nitrogen and oxygen atoms in total. The third-order valence-corrected chi connectivity index (χ3v) is 6.61. The first-order valence-corrected chi connectivity index (χ1v) is 9.68. The quantitative estimate of drug-likeness (QED) is 0.788. The first kappa shape index (κ1) is 15.2. The maximum atomic E-state index is 13.2. The summed E-state index contributed by atoms with van der Waals surface area (Å²) in [4.78, 5) is 26.4. The molecule has 130 valence electrons. The molecule has 0 radical (unpaired) electrons. The van der Waals surface area contributed by atoms with Crippen molar-refractivity contribution in [3.8, 4) is 0 Å². The Balaban J connectivity index is 1.69. The molecule has 1 fully saturated rings. The van der Waals surface area contributed by atoms with E-state index in [1.165, 1.54) is 37.7 Å². The fourth-order valence-electron chi connectivity index (χ4n) is 5.33. The molecular formula is C21H24N2O2. The lowest BCUT2D eigenvalue weighted by Gasteiger charge is -2.34. The average Bonchev–Trinajstić information content (AvgIpc) is 3.12. The zero-order valence-electron chi connectivity index (χ0n) is 14.5. The molecule has 1 aromatic carbocycles. The lowest BCUT2D eigenvalue weighted by molar-refractivity contribution is -0.121. The van der Waals surface area contributed by atoms with Crippen LogP contribution in [0.3, 0.4) is 0 Å².